The third kappa shape index (κ3) is 3.24. The summed E-state index contributed by atoms with van der Waals surface area (Å²) < 4.78 is 10.7. The second-order valence-electron chi connectivity index (χ2n) is 5.90. The van der Waals surface area contributed by atoms with E-state index in [0.29, 0.717) is 17.2 Å². The van der Waals surface area contributed by atoms with Gasteiger partial charge in [0, 0.05) is 12.1 Å². The monoisotopic (exact) mass is 350 g/mol. The first kappa shape index (κ1) is 17.8. The lowest BCUT2D eigenvalue weighted by Crippen LogP contribution is -2.45. The molecule has 1 unspecified atom stereocenters. The fourth-order valence-electron chi connectivity index (χ4n) is 2.86. The Labute approximate surface area is 152 Å². The van der Waals surface area contributed by atoms with Crippen LogP contribution in [0.1, 0.15) is 11.3 Å². The van der Waals surface area contributed by atoms with Gasteiger partial charge in [-0.2, -0.15) is 0 Å². The molecule has 1 atom stereocenters. The Morgan fingerprint density at radius 2 is 1.65 bits per heavy atom. The molecule has 0 fully saturated rings. The molecule has 3 rings (SSSR count). The predicted molar refractivity (Wildman–Crippen MR) is 101 cm³/mol. The van der Waals surface area contributed by atoms with Crippen molar-refractivity contribution in [3.63, 3.8) is 0 Å². The van der Waals surface area contributed by atoms with Crippen molar-refractivity contribution in [3.05, 3.63) is 72.2 Å². The number of rotatable bonds is 6. The summed E-state index contributed by atoms with van der Waals surface area (Å²) in [6, 6.07) is 17.2. The van der Waals surface area contributed by atoms with Crippen LogP contribution in [0.2, 0.25) is 0 Å². The van der Waals surface area contributed by atoms with Crippen LogP contribution in [0.25, 0.3) is 11.3 Å². The molecule has 26 heavy (non-hydrogen) atoms. The van der Waals surface area contributed by atoms with Gasteiger partial charge in [0.25, 0.3) is 0 Å². The van der Waals surface area contributed by atoms with Crippen LogP contribution < -0.4 is 20.9 Å². The van der Waals surface area contributed by atoms with Crippen LogP contribution in [0.15, 0.2) is 60.9 Å². The van der Waals surface area contributed by atoms with Gasteiger partial charge in [-0.3, -0.25) is 0 Å². The highest BCUT2D eigenvalue weighted by molar-refractivity contribution is 5.64. The van der Waals surface area contributed by atoms with Crippen LogP contribution in [-0.2, 0) is 5.54 Å². The second kappa shape index (κ2) is 7.51. The molecule has 4 N–H and O–H groups in total. The van der Waals surface area contributed by atoms with Crippen molar-refractivity contribution < 1.29 is 9.47 Å². The number of hydrogen-bond acceptors (Lipinski definition) is 6. The van der Waals surface area contributed by atoms with Crippen molar-refractivity contribution in [1.29, 1.82) is 0 Å². The Bertz CT molecular complexity index is 886. The molecule has 2 aromatic carbocycles. The molecule has 0 saturated heterocycles. The maximum atomic E-state index is 6.63. The largest absolute Gasteiger partial charge is 0.493 e. The van der Waals surface area contributed by atoms with E-state index >= 15 is 0 Å². The highest BCUT2D eigenvalue weighted by Gasteiger charge is 2.30. The van der Waals surface area contributed by atoms with E-state index in [4.69, 9.17) is 20.9 Å². The van der Waals surface area contributed by atoms with Crippen LogP contribution in [0.5, 0.6) is 11.5 Å². The number of nitrogens with zero attached hydrogens (tertiary/aromatic N) is 2. The van der Waals surface area contributed by atoms with Crippen molar-refractivity contribution in [1.82, 2.24) is 9.97 Å². The Kier molecular flexibility index (Phi) is 5.16. The molecule has 3 aromatic rings. The molecule has 0 aliphatic carbocycles. The summed E-state index contributed by atoms with van der Waals surface area (Å²) in [6.07, 6.45) is 1.50. The summed E-state index contributed by atoms with van der Waals surface area (Å²) in [5.41, 5.74) is 14.9. The number of aromatic nitrogens is 2. The predicted octanol–water partition coefficient (Wildman–Crippen LogP) is 2.32. The van der Waals surface area contributed by atoms with Crippen LogP contribution in [0.4, 0.5) is 0 Å². The van der Waals surface area contributed by atoms with Gasteiger partial charge in [0.2, 0.25) is 0 Å². The number of hydrogen-bond donors (Lipinski definition) is 2. The van der Waals surface area contributed by atoms with Gasteiger partial charge < -0.3 is 20.9 Å². The fourth-order valence-corrected chi connectivity index (χ4v) is 2.86. The third-order valence-corrected chi connectivity index (χ3v) is 4.41. The molecule has 1 heterocycles. The number of methoxy groups -OCH3 is 2. The Morgan fingerprint density at radius 1 is 0.923 bits per heavy atom. The first-order valence-electron chi connectivity index (χ1n) is 8.21. The highest BCUT2D eigenvalue weighted by atomic mass is 16.5. The molecule has 0 bridgehead atoms. The van der Waals surface area contributed by atoms with Gasteiger partial charge in [-0.1, -0.05) is 30.3 Å². The van der Waals surface area contributed by atoms with E-state index in [9.17, 15) is 0 Å². The standard InChI is InChI=1S/C20H22N4O2/c1-25-17-9-8-14(10-18(17)26-2)16-11-19(24-13-23-16)20(22,12-21)15-6-4-3-5-7-15/h3-11,13H,12,21-22H2,1-2H3. The van der Waals surface area contributed by atoms with Gasteiger partial charge in [0.1, 0.15) is 6.33 Å². The molecular weight excluding hydrogens is 328 g/mol. The summed E-state index contributed by atoms with van der Waals surface area (Å²) in [5, 5.41) is 0. The number of ether oxygens (including phenoxy) is 2. The van der Waals surface area contributed by atoms with Crippen LogP contribution in [0.3, 0.4) is 0 Å². The fraction of sp³-hybridized carbons (Fsp3) is 0.200. The lowest BCUT2D eigenvalue weighted by Gasteiger charge is -2.28. The van der Waals surface area contributed by atoms with Crippen molar-refractivity contribution >= 4 is 0 Å². The van der Waals surface area contributed by atoms with Gasteiger partial charge in [-0.25, -0.2) is 9.97 Å². The maximum absolute atomic E-state index is 6.63. The summed E-state index contributed by atoms with van der Waals surface area (Å²) in [7, 11) is 3.20. The van der Waals surface area contributed by atoms with E-state index < -0.39 is 5.54 Å². The van der Waals surface area contributed by atoms with E-state index in [-0.39, 0.29) is 6.54 Å². The average Bonchev–Trinajstić information content (AvgIpc) is 2.73. The van der Waals surface area contributed by atoms with E-state index in [1.807, 2.05) is 54.6 Å². The van der Waals surface area contributed by atoms with E-state index in [1.165, 1.54) is 6.33 Å². The van der Waals surface area contributed by atoms with Crippen molar-refractivity contribution in [2.45, 2.75) is 5.54 Å². The molecule has 0 spiro atoms. The zero-order valence-corrected chi connectivity index (χ0v) is 14.8. The van der Waals surface area contributed by atoms with Crippen LogP contribution in [0, 0.1) is 0 Å². The van der Waals surface area contributed by atoms with Crippen molar-refractivity contribution in [2.24, 2.45) is 11.5 Å². The first-order chi connectivity index (χ1) is 12.6. The zero-order valence-electron chi connectivity index (χ0n) is 14.8. The summed E-state index contributed by atoms with van der Waals surface area (Å²) in [4.78, 5) is 8.77. The molecular formula is C20H22N4O2. The quantitative estimate of drug-likeness (QED) is 0.708. The smallest absolute Gasteiger partial charge is 0.161 e. The molecule has 1 aromatic heterocycles. The average molecular weight is 350 g/mol. The van der Waals surface area contributed by atoms with Gasteiger partial charge in [-0.05, 0) is 29.8 Å². The van der Waals surface area contributed by atoms with Gasteiger partial charge in [0.15, 0.2) is 11.5 Å². The van der Waals surface area contributed by atoms with E-state index in [2.05, 4.69) is 9.97 Å². The van der Waals surface area contributed by atoms with Crippen LogP contribution in [-0.4, -0.2) is 30.7 Å². The normalized spacial score (nSPS) is 13.1. The Morgan fingerprint density at radius 3 is 2.31 bits per heavy atom. The molecule has 0 aliphatic heterocycles. The Hall–Kier alpha value is -2.96. The Balaban J connectivity index is 2.06. The van der Waals surface area contributed by atoms with Crippen LogP contribution >= 0.6 is 0 Å². The molecule has 134 valence electrons. The maximum Gasteiger partial charge on any atom is 0.161 e. The van der Waals surface area contributed by atoms with Gasteiger partial charge in [0.05, 0.1) is 31.1 Å². The lowest BCUT2D eigenvalue weighted by molar-refractivity contribution is 0.355. The molecule has 0 saturated carbocycles. The first-order valence-corrected chi connectivity index (χ1v) is 8.21. The minimum absolute atomic E-state index is 0.222. The molecule has 6 nitrogen and oxygen atoms in total. The summed E-state index contributed by atoms with van der Waals surface area (Å²) in [6.45, 7) is 0.222. The summed E-state index contributed by atoms with van der Waals surface area (Å²) in [5.74, 6) is 1.29. The SMILES string of the molecule is COc1ccc(-c2cc(C(N)(CN)c3ccccc3)ncn2)cc1OC. The van der Waals surface area contributed by atoms with Gasteiger partial charge in [-0.15, -0.1) is 0 Å². The molecule has 0 amide bonds. The van der Waals surface area contributed by atoms with Gasteiger partial charge >= 0.3 is 0 Å². The van der Waals surface area contributed by atoms with E-state index in [0.717, 1.165) is 16.8 Å². The number of benzene rings is 2. The minimum atomic E-state index is -0.893. The van der Waals surface area contributed by atoms with E-state index in [1.54, 1.807) is 14.2 Å². The second-order valence-corrected chi connectivity index (χ2v) is 5.90. The zero-order chi connectivity index (χ0) is 18.6. The minimum Gasteiger partial charge on any atom is -0.493 e. The van der Waals surface area contributed by atoms with Crippen molar-refractivity contribution in [2.75, 3.05) is 20.8 Å². The number of nitrogens with two attached hydrogens (primary N) is 2. The summed E-state index contributed by atoms with van der Waals surface area (Å²) >= 11 is 0. The molecule has 0 aliphatic rings. The molecule has 6 heteroatoms. The van der Waals surface area contributed by atoms with Crippen molar-refractivity contribution in [3.8, 4) is 22.8 Å². The molecule has 0 radical (unpaired) electrons. The third-order valence-electron chi connectivity index (χ3n) is 4.41. The highest BCUT2D eigenvalue weighted by Crippen LogP contribution is 2.33. The topological polar surface area (TPSA) is 96.3 Å². The lowest BCUT2D eigenvalue weighted by atomic mass is 9.87.